The van der Waals surface area contributed by atoms with E-state index in [2.05, 4.69) is 38.3 Å². The third kappa shape index (κ3) is 8.89. The normalized spacial score (nSPS) is 23.4. The summed E-state index contributed by atoms with van der Waals surface area (Å²) in [7, 11) is 0. The molecule has 9 heteroatoms. The Labute approximate surface area is 223 Å². The molecule has 0 bridgehead atoms. The van der Waals surface area contributed by atoms with E-state index >= 15 is 0 Å². The highest BCUT2D eigenvalue weighted by molar-refractivity contribution is 7.80. The number of alkyl carbamates (subject to hydrolysis) is 1. The van der Waals surface area contributed by atoms with Crippen LogP contribution < -0.4 is 16.4 Å². The van der Waals surface area contributed by atoms with Gasteiger partial charge in [0, 0.05) is 19.0 Å². The van der Waals surface area contributed by atoms with Crippen molar-refractivity contribution < 1.29 is 14.3 Å². The molecule has 1 aliphatic heterocycles. The van der Waals surface area contributed by atoms with Crippen molar-refractivity contribution in [1.29, 1.82) is 5.41 Å². The zero-order valence-corrected chi connectivity index (χ0v) is 24.0. The molecule has 0 aromatic heterocycles. The number of carbonyl (C=O) groups is 2. The molecule has 2 amide bonds. The Hall–Kier alpha value is -1.90. The number of nitrogens with zero attached hydrogens (tertiary/aromatic N) is 1. The van der Waals surface area contributed by atoms with E-state index in [-0.39, 0.29) is 35.0 Å². The molecule has 1 saturated carbocycles. The fourth-order valence-corrected chi connectivity index (χ4v) is 6.27. The average Bonchev–Trinajstić information content (AvgIpc) is 3.28. The molecule has 1 saturated heterocycles. The topological polar surface area (TPSA) is 121 Å². The van der Waals surface area contributed by atoms with Crippen molar-refractivity contribution in [2.75, 3.05) is 19.7 Å². The molecule has 5 N–H and O–H groups in total. The van der Waals surface area contributed by atoms with Crippen molar-refractivity contribution in [1.82, 2.24) is 15.5 Å². The molecule has 8 nitrogen and oxygen atoms in total. The van der Waals surface area contributed by atoms with Gasteiger partial charge in [-0.05, 0) is 68.1 Å². The van der Waals surface area contributed by atoms with Crippen LogP contribution in [-0.2, 0) is 9.53 Å². The number of nitrogens with one attached hydrogen (secondary N) is 3. The van der Waals surface area contributed by atoms with Gasteiger partial charge in [-0.15, -0.1) is 0 Å². The highest BCUT2D eigenvalue weighted by atomic mass is 32.1. The summed E-state index contributed by atoms with van der Waals surface area (Å²) >= 11 is 5.98. The minimum Gasteiger partial charge on any atom is -0.449 e. The zero-order valence-electron chi connectivity index (χ0n) is 23.2. The molecule has 2 fully saturated rings. The number of rotatable bonds is 11. The fourth-order valence-electron chi connectivity index (χ4n) is 5.67. The predicted molar refractivity (Wildman–Crippen MR) is 149 cm³/mol. The van der Waals surface area contributed by atoms with Crippen molar-refractivity contribution in [3.8, 4) is 0 Å². The maximum absolute atomic E-state index is 13.2. The number of amidine groups is 1. The summed E-state index contributed by atoms with van der Waals surface area (Å²) < 4.78 is 5.42. The lowest BCUT2D eigenvalue weighted by molar-refractivity contribution is -0.124. The third-order valence-corrected chi connectivity index (χ3v) is 7.93. The van der Waals surface area contributed by atoms with E-state index in [0.29, 0.717) is 36.5 Å². The second-order valence-electron chi connectivity index (χ2n) is 12.3. The number of ether oxygens (including phenoxy) is 1. The number of likely N-dealkylation sites (tertiary alicyclic amines) is 1. The standard InChI is InChI=1S/C27H49N5O3S/c1-17(2)14-27(5,6)22(31-26(34)35-16-18(3)4)25(36)32-13-7-8-21(32)24(33)30-15-19-9-11-20(12-10-19)23(28)29/h17-22H,7-16H2,1-6H3,(H3,28,29)(H,30,33)(H,31,34)/t19?,20?,21-,22+/m0/s1. The van der Waals surface area contributed by atoms with Gasteiger partial charge in [0.25, 0.3) is 0 Å². The second-order valence-corrected chi connectivity index (χ2v) is 12.7. The van der Waals surface area contributed by atoms with Gasteiger partial charge in [-0.3, -0.25) is 10.2 Å². The van der Waals surface area contributed by atoms with Crippen LogP contribution in [0.4, 0.5) is 4.79 Å². The lowest BCUT2D eigenvalue weighted by Crippen LogP contribution is -2.58. The predicted octanol–water partition coefficient (Wildman–Crippen LogP) is 4.46. The number of thiocarbonyl (C=S) groups is 1. The first-order chi connectivity index (χ1) is 16.8. The van der Waals surface area contributed by atoms with Crippen LogP contribution in [-0.4, -0.2) is 59.5 Å². The van der Waals surface area contributed by atoms with Gasteiger partial charge in [0.05, 0.1) is 18.5 Å². The van der Waals surface area contributed by atoms with Crippen LogP contribution in [0, 0.1) is 34.5 Å². The van der Waals surface area contributed by atoms with E-state index in [1.807, 2.05) is 18.7 Å². The molecule has 2 atom stereocenters. The molecular formula is C27H49N5O3S. The lowest BCUT2D eigenvalue weighted by atomic mass is 9.77. The minimum atomic E-state index is -0.464. The van der Waals surface area contributed by atoms with E-state index in [1.165, 1.54) is 0 Å². The molecule has 0 aromatic carbocycles. The summed E-state index contributed by atoms with van der Waals surface area (Å²) in [6.45, 7) is 14.3. The summed E-state index contributed by atoms with van der Waals surface area (Å²) in [5, 5.41) is 13.9. The number of hydrogen-bond acceptors (Lipinski definition) is 5. The molecule has 0 radical (unpaired) electrons. The van der Waals surface area contributed by atoms with Gasteiger partial charge in [-0.1, -0.05) is 53.8 Å². The molecule has 1 aliphatic carbocycles. The quantitative estimate of drug-likeness (QED) is 0.180. The highest BCUT2D eigenvalue weighted by Gasteiger charge is 2.41. The van der Waals surface area contributed by atoms with Gasteiger partial charge in [-0.2, -0.15) is 0 Å². The van der Waals surface area contributed by atoms with Crippen molar-refractivity contribution in [3.05, 3.63) is 0 Å². The van der Waals surface area contributed by atoms with E-state index in [1.54, 1.807) is 0 Å². The van der Waals surface area contributed by atoms with Gasteiger partial charge in [0.2, 0.25) is 5.91 Å². The number of hydrogen-bond donors (Lipinski definition) is 4. The Morgan fingerprint density at radius 3 is 2.31 bits per heavy atom. The van der Waals surface area contributed by atoms with E-state index in [4.69, 9.17) is 28.1 Å². The zero-order chi connectivity index (χ0) is 27.0. The molecule has 0 aromatic rings. The summed E-state index contributed by atoms with van der Waals surface area (Å²) in [5.41, 5.74) is 5.36. The number of nitrogens with two attached hydrogens (primary N) is 1. The summed E-state index contributed by atoms with van der Waals surface area (Å²) in [6.07, 6.45) is 5.83. The Kier molecular flexibility index (Phi) is 11.4. The minimum absolute atomic E-state index is 0.00587. The largest absolute Gasteiger partial charge is 0.449 e. The van der Waals surface area contributed by atoms with Gasteiger partial charge >= 0.3 is 6.09 Å². The Balaban J connectivity index is 2.05. The Bertz CT molecular complexity index is 777. The van der Waals surface area contributed by atoms with Crippen molar-refractivity contribution in [2.45, 2.75) is 98.6 Å². The van der Waals surface area contributed by atoms with Crippen LogP contribution in [0.15, 0.2) is 0 Å². The summed E-state index contributed by atoms with van der Waals surface area (Å²) in [4.78, 5) is 28.5. The fraction of sp³-hybridized carbons (Fsp3) is 0.852. The number of amides is 2. The molecule has 2 aliphatic rings. The molecule has 36 heavy (non-hydrogen) atoms. The van der Waals surface area contributed by atoms with Crippen molar-refractivity contribution >= 4 is 35.0 Å². The first-order valence-electron chi connectivity index (χ1n) is 13.7. The lowest BCUT2D eigenvalue weighted by Gasteiger charge is -2.40. The van der Waals surface area contributed by atoms with Gasteiger partial charge in [-0.25, -0.2) is 4.79 Å². The maximum atomic E-state index is 13.2. The van der Waals surface area contributed by atoms with Crippen molar-refractivity contribution in [2.24, 2.45) is 34.8 Å². The molecule has 0 unspecified atom stereocenters. The van der Waals surface area contributed by atoms with Crippen LogP contribution in [0.3, 0.4) is 0 Å². The van der Waals surface area contributed by atoms with Crippen LogP contribution in [0.5, 0.6) is 0 Å². The Morgan fingerprint density at radius 2 is 1.75 bits per heavy atom. The molecule has 2 rings (SSSR count). The van der Waals surface area contributed by atoms with Crippen LogP contribution in [0.25, 0.3) is 0 Å². The number of carbonyl (C=O) groups excluding carboxylic acids is 2. The van der Waals surface area contributed by atoms with Gasteiger partial charge in [0.1, 0.15) is 11.0 Å². The third-order valence-electron chi connectivity index (χ3n) is 7.46. The second kappa shape index (κ2) is 13.6. The van der Waals surface area contributed by atoms with Crippen LogP contribution >= 0.6 is 12.2 Å². The average molecular weight is 524 g/mol. The molecule has 1 heterocycles. The van der Waals surface area contributed by atoms with Gasteiger partial charge in [0.15, 0.2) is 0 Å². The van der Waals surface area contributed by atoms with Gasteiger partial charge < -0.3 is 26.0 Å². The summed E-state index contributed by atoms with van der Waals surface area (Å²) in [6, 6.07) is -0.735. The first kappa shape index (κ1) is 30.3. The smallest absolute Gasteiger partial charge is 0.407 e. The maximum Gasteiger partial charge on any atom is 0.407 e. The summed E-state index contributed by atoms with van der Waals surface area (Å²) in [5.74, 6) is 1.56. The van der Waals surface area contributed by atoms with Crippen LogP contribution in [0.2, 0.25) is 0 Å². The first-order valence-corrected chi connectivity index (χ1v) is 14.1. The SMILES string of the molecule is CC(C)COC(=O)N[C@H](C(=S)N1CCC[C@H]1C(=O)NCC1CCC(C(=N)N)CC1)C(C)(C)CC(C)C. The molecule has 206 valence electrons. The highest BCUT2D eigenvalue weighted by Crippen LogP contribution is 2.33. The Morgan fingerprint density at radius 1 is 1.11 bits per heavy atom. The van der Waals surface area contributed by atoms with E-state index in [9.17, 15) is 9.59 Å². The van der Waals surface area contributed by atoms with Crippen molar-refractivity contribution in [3.63, 3.8) is 0 Å². The monoisotopic (exact) mass is 523 g/mol. The van der Waals surface area contributed by atoms with E-state index < -0.39 is 12.1 Å². The molecule has 0 spiro atoms. The molecular weight excluding hydrogens is 474 g/mol. The van der Waals surface area contributed by atoms with E-state index in [0.717, 1.165) is 44.9 Å². The van der Waals surface area contributed by atoms with Crippen LogP contribution in [0.1, 0.15) is 86.5 Å².